The van der Waals surface area contributed by atoms with E-state index in [1.165, 1.54) is 12.7 Å². The molecule has 4 atom stereocenters. The van der Waals surface area contributed by atoms with Gasteiger partial charge in [-0.05, 0) is 10.6 Å². The van der Waals surface area contributed by atoms with Crippen molar-refractivity contribution in [3.63, 3.8) is 0 Å². The SMILES string of the molecule is O=P(O)(O)OP(=O)(O)O.[N-]=[N+]=N[C@@]1(n2cnc3c(N)ncnc32)O[C@H](CO)[C@@H](O)[C@H]1O. The molecule has 0 aromatic carbocycles. The number of aliphatic hydroxyl groups excluding tert-OH is 3. The van der Waals surface area contributed by atoms with E-state index in [0.717, 1.165) is 4.57 Å². The van der Waals surface area contributed by atoms with Crippen LogP contribution in [0.5, 0.6) is 0 Å². The summed E-state index contributed by atoms with van der Waals surface area (Å²) in [6, 6.07) is 0. The lowest BCUT2D eigenvalue weighted by atomic mass is 10.1. The van der Waals surface area contributed by atoms with Crippen LogP contribution in [0.3, 0.4) is 0 Å². The van der Waals surface area contributed by atoms with E-state index in [1.54, 1.807) is 0 Å². The molecule has 172 valence electrons. The molecule has 0 spiro atoms. The summed E-state index contributed by atoms with van der Waals surface area (Å²) in [6.45, 7) is -0.579. The highest BCUT2D eigenvalue weighted by molar-refractivity contribution is 7.60. The number of nitrogens with zero attached hydrogens (tertiary/aromatic N) is 7. The Morgan fingerprint density at radius 1 is 1.26 bits per heavy atom. The van der Waals surface area contributed by atoms with Gasteiger partial charge >= 0.3 is 15.6 Å². The standard InChI is InChI=1S/C10H12N8O4.H4O7P2/c11-8-5-9(14-2-13-8)18(3-15-5)10(16-17-12)7(21)6(20)4(1-19)22-10;1-8(2,3)7-9(4,5)6/h2-4,6-7,19-21H,1H2,(H2,11,13,14);(H2,1,2,3)(H2,4,5,6)/t4-,6-,7-,10+;/m1./s1. The quantitative estimate of drug-likeness (QED) is 0.0947. The molecular formula is C10H16N8O11P2. The molecule has 2 aromatic rings. The van der Waals surface area contributed by atoms with Crippen LogP contribution in [0.15, 0.2) is 17.8 Å². The summed E-state index contributed by atoms with van der Waals surface area (Å²) in [7, 11) is -10.1. The second kappa shape index (κ2) is 9.09. The number of hydrogen-bond acceptors (Lipinski definition) is 12. The summed E-state index contributed by atoms with van der Waals surface area (Å²) in [5, 5.41) is 32.9. The van der Waals surface area contributed by atoms with Gasteiger partial charge in [-0.3, -0.25) is 4.57 Å². The van der Waals surface area contributed by atoms with Crippen LogP contribution in [0.1, 0.15) is 0 Å². The lowest BCUT2D eigenvalue weighted by molar-refractivity contribution is -0.140. The number of nitrogens with two attached hydrogens (primary N) is 1. The van der Waals surface area contributed by atoms with E-state index in [9.17, 15) is 24.4 Å². The Kier molecular flexibility index (Phi) is 7.34. The van der Waals surface area contributed by atoms with Gasteiger partial charge in [0.1, 0.15) is 30.2 Å². The highest BCUT2D eigenvalue weighted by Gasteiger charge is 2.56. The molecule has 0 amide bonds. The summed E-state index contributed by atoms with van der Waals surface area (Å²) >= 11 is 0. The minimum Gasteiger partial charge on any atom is -0.394 e. The number of ether oxygens (including phenoxy) is 1. The third kappa shape index (κ3) is 5.52. The lowest BCUT2D eigenvalue weighted by Gasteiger charge is -2.28. The van der Waals surface area contributed by atoms with Crippen molar-refractivity contribution >= 4 is 32.6 Å². The summed E-state index contributed by atoms with van der Waals surface area (Å²) in [6.07, 6.45) is -1.89. The van der Waals surface area contributed by atoms with Gasteiger partial charge in [-0.1, -0.05) is 0 Å². The first-order valence-electron chi connectivity index (χ1n) is 7.73. The van der Waals surface area contributed by atoms with E-state index in [-0.39, 0.29) is 17.0 Å². The maximum Gasteiger partial charge on any atom is 0.478 e. The normalized spacial score (nSPS) is 26.2. The molecule has 1 saturated heterocycles. The first kappa shape index (κ1) is 25.0. The number of fused-ring (bicyclic) bond motifs is 1. The molecule has 0 unspecified atom stereocenters. The fraction of sp³-hybridized carbons (Fsp3) is 0.500. The molecule has 31 heavy (non-hydrogen) atoms. The minimum atomic E-state index is -5.05. The number of hydrogen-bond donors (Lipinski definition) is 8. The predicted molar refractivity (Wildman–Crippen MR) is 96.0 cm³/mol. The third-order valence-corrected chi connectivity index (χ3v) is 5.40. The molecular weight excluding hydrogens is 470 g/mol. The van der Waals surface area contributed by atoms with Crippen molar-refractivity contribution in [1.29, 1.82) is 0 Å². The monoisotopic (exact) mass is 486 g/mol. The van der Waals surface area contributed by atoms with Crippen molar-refractivity contribution in [2.45, 2.75) is 24.2 Å². The van der Waals surface area contributed by atoms with Crippen molar-refractivity contribution < 1.29 is 53.1 Å². The molecule has 21 heteroatoms. The van der Waals surface area contributed by atoms with Gasteiger partial charge in [-0.15, -0.1) is 0 Å². The van der Waals surface area contributed by atoms with Gasteiger partial charge in [-0.2, -0.15) is 4.31 Å². The Bertz CT molecular complexity index is 1060. The molecule has 1 aliphatic rings. The molecule has 19 nitrogen and oxygen atoms in total. The Morgan fingerprint density at radius 3 is 2.32 bits per heavy atom. The number of anilines is 1. The Morgan fingerprint density at radius 2 is 1.87 bits per heavy atom. The van der Waals surface area contributed by atoms with Crippen LogP contribution in [-0.4, -0.2) is 79.3 Å². The molecule has 1 fully saturated rings. The van der Waals surface area contributed by atoms with Gasteiger partial charge in [-0.25, -0.2) is 24.1 Å². The molecule has 3 heterocycles. The molecule has 0 radical (unpaired) electrons. The first-order valence-corrected chi connectivity index (χ1v) is 10.8. The van der Waals surface area contributed by atoms with Gasteiger partial charge in [0, 0.05) is 4.91 Å². The second-order valence-corrected chi connectivity index (χ2v) is 8.35. The highest BCUT2D eigenvalue weighted by atomic mass is 31.3. The zero-order chi connectivity index (χ0) is 23.6. The van der Waals surface area contributed by atoms with Gasteiger partial charge in [0.2, 0.25) is 0 Å². The van der Waals surface area contributed by atoms with Crippen LogP contribution in [0.2, 0.25) is 0 Å². The first-order chi connectivity index (χ1) is 14.3. The largest absolute Gasteiger partial charge is 0.478 e. The van der Waals surface area contributed by atoms with Gasteiger partial charge in [0.25, 0.3) is 5.85 Å². The van der Waals surface area contributed by atoms with E-state index in [0.29, 0.717) is 0 Å². The van der Waals surface area contributed by atoms with Crippen molar-refractivity contribution in [3.8, 4) is 0 Å². The average molecular weight is 486 g/mol. The number of phosphoric acid groups is 2. The summed E-state index contributed by atoms with van der Waals surface area (Å²) in [5.74, 6) is -1.96. The van der Waals surface area contributed by atoms with E-state index < -0.39 is 46.4 Å². The molecule has 9 N–H and O–H groups in total. The molecule has 0 bridgehead atoms. The fourth-order valence-corrected chi connectivity index (χ4v) is 3.66. The summed E-state index contributed by atoms with van der Waals surface area (Å²) in [5.41, 5.74) is 14.8. The maximum absolute atomic E-state index is 10.3. The molecule has 3 rings (SSSR count). The van der Waals surface area contributed by atoms with Gasteiger partial charge in [0.05, 0.1) is 12.9 Å². The minimum absolute atomic E-state index is 0.0894. The molecule has 1 aliphatic heterocycles. The van der Waals surface area contributed by atoms with Gasteiger partial charge < -0.3 is 45.4 Å². The van der Waals surface area contributed by atoms with Crippen LogP contribution in [0.25, 0.3) is 21.6 Å². The lowest BCUT2D eigenvalue weighted by Crippen LogP contribution is -2.43. The Labute approximate surface area is 170 Å². The van der Waals surface area contributed by atoms with Crippen molar-refractivity contribution in [1.82, 2.24) is 19.5 Å². The topological polar surface area (TPSA) is 313 Å². The highest BCUT2D eigenvalue weighted by Crippen LogP contribution is 2.53. The predicted octanol–water partition coefficient (Wildman–Crippen LogP) is -2.37. The van der Waals surface area contributed by atoms with E-state index >= 15 is 0 Å². The van der Waals surface area contributed by atoms with E-state index in [1.807, 2.05) is 0 Å². The Hall–Kier alpha value is -2.24. The molecule has 0 aliphatic carbocycles. The van der Waals surface area contributed by atoms with Crippen molar-refractivity contribution in [2.75, 3.05) is 12.3 Å². The number of nitrogen functional groups attached to an aromatic ring is 1. The van der Waals surface area contributed by atoms with E-state index in [2.05, 4.69) is 29.3 Å². The number of aromatic nitrogens is 4. The third-order valence-electron chi connectivity index (χ3n) is 3.70. The van der Waals surface area contributed by atoms with E-state index in [4.69, 9.17) is 35.6 Å². The number of imidazole rings is 1. The van der Waals surface area contributed by atoms with Crippen molar-refractivity contribution in [2.24, 2.45) is 5.11 Å². The van der Waals surface area contributed by atoms with Crippen LogP contribution in [0.4, 0.5) is 5.82 Å². The summed E-state index contributed by atoms with van der Waals surface area (Å²) < 4.78 is 28.8. The Balaban J connectivity index is 0.000000323. The maximum atomic E-state index is 10.3. The fourth-order valence-electron chi connectivity index (χ4n) is 2.55. The van der Waals surface area contributed by atoms with Crippen LogP contribution < -0.4 is 5.73 Å². The zero-order valence-corrected chi connectivity index (χ0v) is 16.7. The number of azide groups is 1. The van der Waals surface area contributed by atoms with Crippen LogP contribution in [0, 0.1) is 0 Å². The second-order valence-electron chi connectivity index (χ2n) is 5.73. The molecule has 2 aromatic heterocycles. The zero-order valence-electron chi connectivity index (χ0n) is 15.0. The number of aliphatic hydroxyl groups is 3. The van der Waals surface area contributed by atoms with Crippen molar-refractivity contribution in [3.05, 3.63) is 23.1 Å². The van der Waals surface area contributed by atoms with Gasteiger partial charge in [0.15, 0.2) is 11.5 Å². The summed E-state index contributed by atoms with van der Waals surface area (Å²) in [4.78, 5) is 45.4. The van der Waals surface area contributed by atoms with Crippen LogP contribution in [-0.2, 0) is 24.0 Å². The number of rotatable bonds is 5. The smallest absolute Gasteiger partial charge is 0.394 e. The van der Waals surface area contributed by atoms with Crippen LogP contribution >= 0.6 is 15.6 Å². The molecule has 0 saturated carbocycles. The average Bonchev–Trinajstić information content (AvgIpc) is 3.16.